The zero-order valence-electron chi connectivity index (χ0n) is 8.81. The summed E-state index contributed by atoms with van der Waals surface area (Å²) in [4.78, 5) is 12.9. The Morgan fingerprint density at radius 3 is 2.94 bits per heavy atom. The average molecular weight is 312 g/mol. The topological polar surface area (TPSA) is 49.3 Å². The summed E-state index contributed by atoms with van der Waals surface area (Å²) in [6.07, 6.45) is 0. The van der Waals surface area contributed by atoms with Gasteiger partial charge in [-0.25, -0.2) is 0 Å². The number of amides is 1. The van der Waals surface area contributed by atoms with Crippen LogP contribution < -0.4 is 5.32 Å². The van der Waals surface area contributed by atoms with Gasteiger partial charge in [0, 0.05) is 9.35 Å². The molecule has 0 aliphatic heterocycles. The largest absolute Gasteiger partial charge is 0.507 e. The van der Waals surface area contributed by atoms with Crippen LogP contribution in [0.3, 0.4) is 0 Å². The number of aromatic hydroxyl groups is 1. The van der Waals surface area contributed by atoms with Gasteiger partial charge < -0.3 is 10.4 Å². The molecule has 0 atom stereocenters. The van der Waals surface area contributed by atoms with Crippen molar-refractivity contribution in [3.8, 4) is 5.75 Å². The van der Waals surface area contributed by atoms with Gasteiger partial charge in [0.25, 0.3) is 5.91 Å². The van der Waals surface area contributed by atoms with E-state index < -0.39 is 0 Å². The Morgan fingerprint density at radius 1 is 1.41 bits per heavy atom. The van der Waals surface area contributed by atoms with Crippen molar-refractivity contribution in [2.75, 3.05) is 0 Å². The lowest BCUT2D eigenvalue weighted by Crippen LogP contribution is -2.22. The number of halogens is 1. The molecule has 0 unspecified atom stereocenters. The zero-order chi connectivity index (χ0) is 12.3. The molecule has 0 aliphatic carbocycles. The van der Waals surface area contributed by atoms with Crippen LogP contribution in [0, 0.1) is 0 Å². The molecule has 5 heteroatoms. The van der Waals surface area contributed by atoms with E-state index in [-0.39, 0.29) is 17.2 Å². The Hall–Kier alpha value is -1.33. The van der Waals surface area contributed by atoms with Crippen LogP contribution >= 0.6 is 27.3 Å². The van der Waals surface area contributed by atoms with Gasteiger partial charge in [0.1, 0.15) is 5.75 Å². The minimum Gasteiger partial charge on any atom is -0.507 e. The van der Waals surface area contributed by atoms with Gasteiger partial charge >= 0.3 is 0 Å². The zero-order valence-corrected chi connectivity index (χ0v) is 11.2. The Bertz CT molecular complexity index is 525. The van der Waals surface area contributed by atoms with E-state index >= 15 is 0 Å². The maximum Gasteiger partial charge on any atom is 0.255 e. The van der Waals surface area contributed by atoms with Crippen LogP contribution in [-0.4, -0.2) is 11.0 Å². The summed E-state index contributed by atoms with van der Waals surface area (Å²) in [6, 6.07) is 8.66. The van der Waals surface area contributed by atoms with Crippen molar-refractivity contribution in [1.29, 1.82) is 0 Å². The fourth-order valence-corrected chi connectivity index (χ4v) is 2.37. The van der Waals surface area contributed by atoms with E-state index in [1.807, 2.05) is 17.5 Å². The molecule has 0 saturated carbocycles. The molecular formula is C12H10BrNO2S. The Labute approximate surface area is 111 Å². The maximum absolute atomic E-state index is 11.8. The summed E-state index contributed by atoms with van der Waals surface area (Å²) in [5.74, 6) is -0.297. The molecule has 1 amide bonds. The normalized spacial score (nSPS) is 10.2. The minimum atomic E-state index is -0.280. The molecule has 2 rings (SSSR count). The van der Waals surface area contributed by atoms with Crippen LogP contribution in [0.5, 0.6) is 5.75 Å². The van der Waals surface area contributed by atoms with Crippen molar-refractivity contribution < 1.29 is 9.90 Å². The smallest absolute Gasteiger partial charge is 0.255 e. The van der Waals surface area contributed by atoms with Gasteiger partial charge in [0.2, 0.25) is 0 Å². The molecule has 0 bridgehead atoms. The second kappa shape index (κ2) is 5.33. The Morgan fingerprint density at radius 2 is 2.24 bits per heavy atom. The number of thiophene rings is 1. The third-order valence-electron chi connectivity index (χ3n) is 2.21. The van der Waals surface area contributed by atoms with E-state index in [1.165, 1.54) is 6.07 Å². The highest BCUT2D eigenvalue weighted by Gasteiger charge is 2.11. The first-order valence-corrected chi connectivity index (χ1v) is 6.63. The molecule has 2 aromatic rings. The Balaban J connectivity index is 2.07. The standard InChI is InChI=1S/C12H10BrNO2S/c13-8-3-4-11(15)10(6-8)12(16)14-7-9-2-1-5-17-9/h1-6,15H,7H2,(H,14,16). The summed E-state index contributed by atoms with van der Waals surface area (Å²) in [7, 11) is 0. The van der Waals surface area contributed by atoms with Crippen LogP contribution in [-0.2, 0) is 6.54 Å². The van der Waals surface area contributed by atoms with E-state index in [4.69, 9.17) is 0 Å². The number of phenolic OH excluding ortho intramolecular Hbond substituents is 1. The van der Waals surface area contributed by atoms with Gasteiger partial charge in [-0.3, -0.25) is 4.79 Å². The number of carbonyl (C=O) groups is 1. The molecule has 1 aromatic carbocycles. The lowest BCUT2D eigenvalue weighted by molar-refractivity contribution is 0.0948. The highest BCUT2D eigenvalue weighted by Crippen LogP contribution is 2.21. The molecule has 17 heavy (non-hydrogen) atoms. The van der Waals surface area contributed by atoms with Crippen molar-refractivity contribution in [2.45, 2.75) is 6.54 Å². The fraction of sp³-hybridized carbons (Fsp3) is 0.0833. The summed E-state index contributed by atoms with van der Waals surface area (Å²) in [5.41, 5.74) is 0.274. The third kappa shape index (κ3) is 3.08. The van der Waals surface area contributed by atoms with E-state index in [9.17, 15) is 9.90 Å². The fourth-order valence-electron chi connectivity index (χ4n) is 1.37. The van der Waals surface area contributed by atoms with Crippen molar-refractivity contribution in [3.05, 3.63) is 50.6 Å². The van der Waals surface area contributed by atoms with Crippen LogP contribution in [0.1, 0.15) is 15.2 Å². The van der Waals surface area contributed by atoms with Crippen molar-refractivity contribution >= 4 is 33.2 Å². The summed E-state index contributed by atoms with van der Waals surface area (Å²) in [6.45, 7) is 0.475. The quantitative estimate of drug-likeness (QED) is 0.915. The first kappa shape index (κ1) is 12.1. The Kier molecular flexibility index (Phi) is 3.81. The number of rotatable bonds is 3. The molecule has 2 N–H and O–H groups in total. The molecular weight excluding hydrogens is 302 g/mol. The summed E-state index contributed by atoms with van der Waals surface area (Å²) in [5, 5.41) is 14.3. The lowest BCUT2D eigenvalue weighted by Gasteiger charge is -2.06. The van der Waals surface area contributed by atoms with Gasteiger partial charge in [0.15, 0.2) is 0 Å². The van der Waals surface area contributed by atoms with E-state index in [0.717, 1.165) is 9.35 Å². The molecule has 0 saturated heterocycles. The van der Waals surface area contributed by atoms with Crippen LogP contribution in [0.4, 0.5) is 0 Å². The van der Waals surface area contributed by atoms with Gasteiger partial charge in [-0.2, -0.15) is 0 Å². The number of carbonyl (C=O) groups excluding carboxylic acids is 1. The minimum absolute atomic E-state index is 0.0168. The van der Waals surface area contributed by atoms with Crippen molar-refractivity contribution in [1.82, 2.24) is 5.32 Å². The summed E-state index contributed by atoms with van der Waals surface area (Å²) >= 11 is 4.85. The molecule has 0 spiro atoms. The second-order valence-electron chi connectivity index (χ2n) is 3.42. The van der Waals surface area contributed by atoms with Crippen molar-refractivity contribution in [3.63, 3.8) is 0 Å². The number of hydrogen-bond donors (Lipinski definition) is 2. The first-order chi connectivity index (χ1) is 8.16. The predicted molar refractivity (Wildman–Crippen MR) is 71.3 cm³/mol. The highest BCUT2D eigenvalue weighted by molar-refractivity contribution is 9.10. The molecule has 1 heterocycles. The van der Waals surface area contributed by atoms with Gasteiger partial charge in [-0.05, 0) is 29.6 Å². The highest BCUT2D eigenvalue weighted by atomic mass is 79.9. The monoisotopic (exact) mass is 311 g/mol. The van der Waals surface area contributed by atoms with E-state index in [2.05, 4.69) is 21.2 Å². The molecule has 88 valence electrons. The number of phenols is 1. The molecule has 0 radical (unpaired) electrons. The second-order valence-corrected chi connectivity index (χ2v) is 5.37. The van der Waals surface area contributed by atoms with Crippen LogP contribution in [0.15, 0.2) is 40.2 Å². The SMILES string of the molecule is O=C(NCc1cccs1)c1cc(Br)ccc1O. The van der Waals surface area contributed by atoms with E-state index in [1.54, 1.807) is 23.5 Å². The van der Waals surface area contributed by atoms with Gasteiger partial charge in [-0.15, -0.1) is 11.3 Å². The molecule has 1 aromatic heterocycles. The lowest BCUT2D eigenvalue weighted by atomic mass is 10.2. The molecule has 3 nitrogen and oxygen atoms in total. The van der Waals surface area contributed by atoms with Crippen molar-refractivity contribution in [2.24, 2.45) is 0 Å². The third-order valence-corrected chi connectivity index (χ3v) is 3.58. The molecule has 0 aliphatic rings. The number of hydrogen-bond acceptors (Lipinski definition) is 3. The van der Waals surface area contributed by atoms with Gasteiger partial charge in [-0.1, -0.05) is 22.0 Å². The first-order valence-electron chi connectivity index (χ1n) is 4.96. The van der Waals surface area contributed by atoms with E-state index in [0.29, 0.717) is 6.54 Å². The summed E-state index contributed by atoms with van der Waals surface area (Å²) < 4.78 is 0.761. The number of benzene rings is 1. The number of nitrogens with one attached hydrogen (secondary N) is 1. The van der Waals surface area contributed by atoms with Crippen LogP contribution in [0.2, 0.25) is 0 Å². The van der Waals surface area contributed by atoms with Crippen LogP contribution in [0.25, 0.3) is 0 Å². The average Bonchev–Trinajstić information content (AvgIpc) is 2.82. The van der Waals surface area contributed by atoms with Gasteiger partial charge in [0.05, 0.1) is 12.1 Å². The molecule has 0 fully saturated rings. The maximum atomic E-state index is 11.8. The predicted octanol–water partition coefficient (Wildman–Crippen LogP) is 3.15.